The standard InChI is InChI=1S/C14H14AsNO5/c1-9(17)16-13-12(15(19,20)21)8-7-11(14(13)18)10-5-3-2-4-6-10/h2-8,18H,1H3,(H,16,17)(H2,19,20,21). The Balaban J connectivity index is 2.68. The number of hydrogen-bond donors (Lipinski definition) is 4. The van der Waals surface area contributed by atoms with E-state index in [1.165, 1.54) is 19.1 Å². The Morgan fingerprint density at radius 1 is 1.10 bits per heavy atom. The average molecular weight is 351 g/mol. The molecule has 7 heteroatoms. The van der Waals surface area contributed by atoms with E-state index in [2.05, 4.69) is 5.32 Å². The number of nitrogens with one attached hydrogen (secondary N) is 1. The van der Waals surface area contributed by atoms with Crippen LogP contribution in [-0.4, -0.2) is 33.4 Å². The number of aromatic hydroxyl groups is 1. The van der Waals surface area contributed by atoms with E-state index in [4.69, 9.17) is 0 Å². The Bertz CT molecular complexity index is 724. The van der Waals surface area contributed by atoms with Crippen LogP contribution in [-0.2, 0) is 8.53 Å². The molecule has 2 aromatic carbocycles. The first-order valence-corrected chi connectivity index (χ1v) is 9.44. The van der Waals surface area contributed by atoms with Gasteiger partial charge in [0.1, 0.15) is 0 Å². The number of carbonyl (C=O) groups excluding carboxylic acids is 1. The molecule has 0 aliphatic heterocycles. The van der Waals surface area contributed by atoms with Gasteiger partial charge in [-0.3, -0.25) is 0 Å². The van der Waals surface area contributed by atoms with Gasteiger partial charge in [0, 0.05) is 0 Å². The normalized spacial score (nSPS) is 11.2. The Morgan fingerprint density at radius 2 is 1.71 bits per heavy atom. The van der Waals surface area contributed by atoms with Crippen LogP contribution < -0.4 is 9.67 Å². The number of phenols is 1. The number of amides is 1. The first kappa shape index (κ1) is 15.4. The minimum absolute atomic E-state index is 0.239. The zero-order valence-corrected chi connectivity index (χ0v) is 13.0. The molecule has 0 aliphatic rings. The topological polar surface area (TPSA) is 107 Å². The van der Waals surface area contributed by atoms with Crippen LogP contribution in [0.1, 0.15) is 6.92 Å². The molecule has 21 heavy (non-hydrogen) atoms. The SMILES string of the molecule is CC(=O)Nc1c([As](=O)(O)O)ccc(-c2ccccc2)c1O. The molecular formula is C14H14AsNO5. The Hall–Kier alpha value is -2.01. The number of benzene rings is 2. The Morgan fingerprint density at radius 3 is 2.24 bits per heavy atom. The molecule has 0 bridgehead atoms. The average Bonchev–Trinajstić information content (AvgIpc) is 2.40. The van der Waals surface area contributed by atoms with Crippen LogP contribution in [0.4, 0.5) is 5.69 Å². The first-order valence-electron chi connectivity index (χ1n) is 6.06. The maximum atomic E-state index is 11.5. The van der Waals surface area contributed by atoms with Crippen LogP contribution in [0.15, 0.2) is 42.5 Å². The summed E-state index contributed by atoms with van der Waals surface area (Å²) in [5.74, 6) is -0.889. The molecule has 0 unspecified atom stereocenters. The fourth-order valence-corrected chi connectivity index (χ4v) is 3.49. The summed E-state index contributed by atoms with van der Waals surface area (Å²) in [5.41, 5.74) is 0.814. The predicted molar refractivity (Wildman–Crippen MR) is 78.4 cm³/mol. The Kier molecular flexibility index (Phi) is 4.23. The number of carbonyl (C=O) groups is 1. The number of rotatable bonds is 3. The minimum atomic E-state index is -5.28. The molecular weight excluding hydrogens is 337 g/mol. The summed E-state index contributed by atoms with van der Waals surface area (Å²) in [6.45, 7) is 1.20. The third-order valence-electron chi connectivity index (χ3n) is 2.86. The van der Waals surface area contributed by atoms with E-state index in [0.717, 1.165) is 0 Å². The molecule has 0 aliphatic carbocycles. The summed E-state index contributed by atoms with van der Waals surface area (Å²) >= 11 is -5.28. The quantitative estimate of drug-likeness (QED) is 0.478. The van der Waals surface area contributed by atoms with Crippen molar-refractivity contribution in [3.8, 4) is 16.9 Å². The van der Waals surface area contributed by atoms with Gasteiger partial charge in [0.05, 0.1) is 0 Å². The van der Waals surface area contributed by atoms with E-state index in [1.54, 1.807) is 24.3 Å². The number of phenolic OH excluding ortho intramolecular Hbond substituents is 1. The van der Waals surface area contributed by atoms with Crippen molar-refractivity contribution in [2.45, 2.75) is 6.92 Å². The van der Waals surface area contributed by atoms with Crippen molar-refractivity contribution in [1.29, 1.82) is 0 Å². The monoisotopic (exact) mass is 351 g/mol. The van der Waals surface area contributed by atoms with Crippen molar-refractivity contribution < 1.29 is 21.8 Å². The van der Waals surface area contributed by atoms with Gasteiger partial charge in [0.15, 0.2) is 0 Å². The van der Waals surface area contributed by atoms with E-state index >= 15 is 0 Å². The third-order valence-corrected chi connectivity index (χ3v) is 4.95. The van der Waals surface area contributed by atoms with E-state index in [0.29, 0.717) is 11.1 Å². The van der Waals surface area contributed by atoms with Gasteiger partial charge in [-0.25, -0.2) is 0 Å². The Labute approximate surface area is 124 Å². The molecule has 110 valence electrons. The molecule has 2 aromatic rings. The zero-order valence-electron chi connectivity index (χ0n) is 11.1. The van der Waals surface area contributed by atoms with Gasteiger partial charge < -0.3 is 0 Å². The summed E-state index contributed by atoms with van der Waals surface area (Å²) in [6, 6.07) is 11.5. The van der Waals surface area contributed by atoms with Gasteiger partial charge >= 0.3 is 124 Å². The van der Waals surface area contributed by atoms with E-state index in [-0.39, 0.29) is 15.8 Å². The van der Waals surface area contributed by atoms with Crippen LogP contribution >= 0.6 is 0 Å². The molecule has 0 atom stereocenters. The van der Waals surface area contributed by atoms with Crippen LogP contribution in [0.3, 0.4) is 0 Å². The van der Waals surface area contributed by atoms with Gasteiger partial charge in [0.25, 0.3) is 0 Å². The van der Waals surface area contributed by atoms with E-state index in [1.807, 2.05) is 6.07 Å². The van der Waals surface area contributed by atoms with Crippen molar-refractivity contribution in [2.75, 3.05) is 5.32 Å². The van der Waals surface area contributed by atoms with Crippen molar-refractivity contribution in [3.05, 3.63) is 42.5 Å². The number of hydrogen-bond acceptors (Lipinski definition) is 3. The van der Waals surface area contributed by atoms with Crippen molar-refractivity contribution in [1.82, 2.24) is 0 Å². The molecule has 0 saturated carbocycles. The van der Waals surface area contributed by atoms with E-state index < -0.39 is 20.1 Å². The maximum absolute atomic E-state index is 11.5. The van der Waals surface area contributed by atoms with Crippen LogP contribution in [0.5, 0.6) is 5.75 Å². The number of anilines is 1. The molecule has 2 rings (SSSR count). The molecule has 0 radical (unpaired) electrons. The van der Waals surface area contributed by atoms with Crippen LogP contribution in [0, 0.1) is 0 Å². The van der Waals surface area contributed by atoms with Gasteiger partial charge in [0.2, 0.25) is 0 Å². The van der Waals surface area contributed by atoms with Gasteiger partial charge in [-0.1, -0.05) is 0 Å². The second kappa shape index (κ2) is 5.77. The summed E-state index contributed by atoms with van der Waals surface area (Å²) in [4.78, 5) is 11.2. The molecule has 0 spiro atoms. The molecule has 0 aromatic heterocycles. The summed E-state index contributed by atoms with van der Waals surface area (Å²) in [6.07, 6.45) is 0. The van der Waals surface area contributed by atoms with Gasteiger partial charge in [-0.2, -0.15) is 0 Å². The molecule has 0 heterocycles. The molecule has 1 amide bonds. The second-order valence-corrected chi connectivity index (χ2v) is 7.74. The fraction of sp³-hybridized carbons (Fsp3) is 0.0714. The first-order chi connectivity index (χ1) is 9.80. The zero-order chi connectivity index (χ0) is 15.6. The van der Waals surface area contributed by atoms with Crippen molar-refractivity contribution >= 4 is 30.1 Å². The molecule has 0 saturated heterocycles. The summed E-state index contributed by atoms with van der Waals surface area (Å²) in [5, 5.41) is 12.6. The van der Waals surface area contributed by atoms with Crippen molar-refractivity contribution in [3.63, 3.8) is 0 Å². The molecule has 0 fully saturated rings. The summed E-state index contributed by atoms with van der Waals surface area (Å²) in [7, 11) is 0. The molecule has 6 nitrogen and oxygen atoms in total. The second-order valence-electron chi connectivity index (χ2n) is 4.45. The third kappa shape index (κ3) is 3.36. The van der Waals surface area contributed by atoms with Crippen LogP contribution in [0.25, 0.3) is 11.1 Å². The van der Waals surface area contributed by atoms with Gasteiger partial charge in [-0.05, 0) is 0 Å². The fourth-order valence-electron chi connectivity index (χ4n) is 1.97. The van der Waals surface area contributed by atoms with Crippen LogP contribution in [0.2, 0.25) is 0 Å². The molecule has 4 N–H and O–H groups in total. The van der Waals surface area contributed by atoms with E-state index in [9.17, 15) is 21.8 Å². The predicted octanol–water partition coefficient (Wildman–Crippen LogP) is 0.579. The summed E-state index contributed by atoms with van der Waals surface area (Å²) < 4.78 is 29.9. The van der Waals surface area contributed by atoms with Gasteiger partial charge in [-0.15, -0.1) is 0 Å². The van der Waals surface area contributed by atoms with Crippen molar-refractivity contribution in [2.24, 2.45) is 0 Å².